The Morgan fingerprint density at radius 2 is 1.89 bits per heavy atom. The predicted molar refractivity (Wildman–Crippen MR) is 103 cm³/mol. The summed E-state index contributed by atoms with van der Waals surface area (Å²) in [6, 6.07) is 11.8. The molecule has 1 aromatic heterocycles. The molecule has 1 fully saturated rings. The van der Waals surface area contributed by atoms with Gasteiger partial charge in [0.1, 0.15) is 10.7 Å². The Bertz CT molecular complexity index is 1140. The number of benzene rings is 2. The second kappa shape index (κ2) is 7.37. The minimum absolute atomic E-state index is 0.0472. The molecule has 0 saturated carbocycles. The molecule has 6 nitrogen and oxygen atoms in total. The van der Waals surface area contributed by atoms with Crippen LogP contribution in [0, 0.1) is 5.82 Å². The third kappa shape index (κ3) is 3.53. The number of hydrogen-bond acceptors (Lipinski definition) is 3. The van der Waals surface area contributed by atoms with Gasteiger partial charge in [-0.15, -0.1) is 0 Å². The third-order valence-corrected chi connectivity index (χ3v) is 6.44. The fourth-order valence-electron chi connectivity index (χ4n) is 3.53. The van der Waals surface area contributed by atoms with E-state index >= 15 is 0 Å². The zero-order valence-electron chi connectivity index (χ0n) is 15.1. The molecule has 8 heteroatoms. The quantitative estimate of drug-likeness (QED) is 0.666. The summed E-state index contributed by atoms with van der Waals surface area (Å²) >= 11 is 0. The molecule has 2 N–H and O–H groups in total. The zero-order valence-corrected chi connectivity index (χ0v) is 15.9. The van der Waals surface area contributed by atoms with Crippen LogP contribution >= 0.6 is 0 Å². The second-order valence-corrected chi connectivity index (χ2v) is 8.56. The summed E-state index contributed by atoms with van der Waals surface area (Å²) in [4.78, 5) is 16.4. The topological polar surface area (TPSA) is 82.3 Å². The van der Waals surface area contributed by atoms with Crippen LogP contribution in [0.3, 0.4) is 0 Å². The molecule has 1 amide bonds. The molecule has 0 atom stereocenters. The van der Waals surface area contributed by atoms with E-state index in [1.54, 1.807) is 11.0 Å². The monoisotopic (exact) mass is 401 g/mol. The lowest BCUT2D eigenvalue weighted by atomic mass is 10.1. The van der Waals surface area contributed by atoms with Gasteiger partial charge in [0.2, 0.25) is 15.9 Å². The lowest BCUT2D eigenvalue weighted by molar-refractivity contribution is -0.128. The molecular weight excluding hydrogens is 381 g/mol. The maximum absolute atomic E-state index is 14.2. The summed E-state index contributed by atoms with van der Waals surface area (Å²) in [6.45, 7) is 1.23. The van der Waals surface area contributed by atoms with Gasteiger partial charge in [0, 0.05) is 37.8 Å². The van der Waals surface area contributed by atoms with Crippen LogP contribution < -0.4 is 4.72 Å². The van der Waals surface area contributed by atoms with Gasteiger partial charge >= 0.3 is 0 Å². The number of nitrogens with one attached hydrogen (secondary N) is 2. The Morgan fingerprint density at radius 1 is 1.11 bits per heavy atom. The van der Waals surface area contributed by atoms with Crippen molar-refractivity contribution in [3.63, 3.8) is 0 Å². The molecule has 1 aliphatic heterocycles. The van der Waals surface area contributed by atoms with Crippen LogP contribution in [-0.2, 0) is 27.9 Å². The molecular formula is C20H20FN3O3S. The third-order valence-electron chi connectivity index (χ3n) is 5.01. The number of aromatic nitrogens is 1. The summed E-state index contributed by atoms with van der Waals surface area (Å²) in [5.41, 5.74) is 2.10. The maximum Gasteiger partial charge on any atom is 0.243 e. The van der Waals surface area contributed by atoms with Gasteiger partial charge in [0.25, 0.3) is 0 Å². The van der Waals surface area contributed by atoms with Crippen LogP contribution in [0.15, 0.2) is 53.6 Å². The van der Waals surface area contributed by atoms with Gasteiger partial charge in [0.05, 0.1) is 5.39 Å². The lowest BCUT2D eigenvalue weighted by Crippen LogP contribution is -2.27. The summed E-state index contributed by atoms with van der Waals surface area (Å²) in [7, 11) is -3.92. The van der Waals surface area contributed by atoms with E-state index in [1.165, 1.54) is 18.3 Å². The number of halogens is 1. The Hall–Kier alpha value is -2.71. The highest BCUT2D eigenvalue weighted by Gasteiger charge is 2.23. The molecule has 28 heavy (non-hydrogen) atoms. The summed E-state index contributed by atoms with van der Waals surface area (Å²) in [5, 5.41) is 0.0472. The summed E-state index contributed by atoms with van der Waals surface area (Å²) in [6.07, 6.45) is 2.70. The van der Waals surface area contributed by atoms with Crippen molar-refractivity contribution in [3.8, 4) is 0 Å². The first kappa shape index (κ1) is 18.6. The largest absolute Gasteiger partial charge is 0.360 e. The van der Waals surface area contributed by atoms with E-state index in [1.807, 2.05) is 24.3 Å². The number of sulfonamides is 1. The fourth-order valence-corrected chi connectivity index (χ4v) is 4.73. The van der Waals surface area contributed by atoms with Crippen LogP contribution in [0.25, 0.3) is 10.9 Å². The molecule has 0 spiro atoms. The highest BCUT2D eigenvalue weighted by Crippen LogP contribution is 2.25. The van der Waals surface area contributed by atoms with E-state index < -0.39 is 15.8 Å². The van der Waals surface area contributed by atoms with Gasteiger partial charge < -0.3 is 9.88 Å². The van der Waals surface area contributed by atoms with Crippen molar-refractivity contribution in [1.29, 1.82) is 0 Å². The van der Waals surface area contributed by atoms with Crippen molar-refractivity contribution in [2.45, 2.75) is 30.8 Å². The molecule has 0 aliphatic carbocycles. The van der Waals surface area contributed by atoms with Crippen LogP contribution in [0.4, 0.5) is 4.39 Å². The van der Waals surface area contributed by atoms with Crippen LogP contribution in [-0.4, -0.2) is 30.8 Å². The van der Waals surface area contributed by atoms with E-state index in [2.05, 4.69) is 9.71 Å². The first-order valence-electron chi connectivity index (χ1n) is 9.05. The molecule has 0 unspecified atom stereocenters. The van der Waals surface area contributed by atoms with E-state index in [0.29, 0.717) is 25.0 Å². The zero-order chi connectivity index (χ0) is 19.7. The number of hydrogen-bond donors (Lipinski definition) is 2. The Balaban J connectivity index is 1.56. The Labute approximate surface area is 162 Å². The Morgan fingerprint density at radius 3 is 2.64 bits per heavy atom. The second-order valence-electron chi connectivity index (χ2n) is 6.83. The first-order chi connectivity index (χ1) is 13.5. The highest BCUT2D eigenvalue weighted by molar-refractivity contribution is 7.89. The summed E-state index contributed by atoms with van der Waals surface area (Å²) < 4.78 is 42.3. The van der Waals surface area contributed by atoms with Crippen LogP contribution in [0.1, 0.15) is 24.0 Å². The molecule has 1 aliphatic rings. The molecule has 0 radical (unpaired) electrons. The molecule has 2 heterocycles. The molecule has 4 rings (SSSR count). The van der Waals surface area contributed by atoms with E-state index in [9.17, 15) is 17.6 Å². The lowest BCUT2D eigenvalue weighted by Gasteiger charge is -2.18. The molecule has 1 saturated heterocycles. The number of amides is 1. The molecule has 0 bridgehead atoms. The van der Waals surface area contributed by atoms with E-state index in [4.69, 9.17) is 0 Å². The van der Waals surface area contributed by atoms with Crippen molar-refractivity contribution in [2.24, 2.45) is 0 Å². The average molecular weight is 401 g/mol. The molecule has 2 aromatic carbocycles. The average Bonchev–Trinajstić information content (AvgIpc) is 3.29. The number of carbonyl (C=O) groups is 1. The molecule has 3 aromatic rings. The van der Waals surface area contributed by atoms with Gasteiger partial charge in [-0.3, -0.25) is 4.79 Å². The minimum Gasteiger partial charge on any atom is -0.360 e. The van der Waals surface area contributed by atoms with Crippen molar-refractivity contribution in [3.05, 3.63) is 65.6 Å². The number of carbonyl (C=O) groups excluding carboxylic acids is 1. The Kier molecular flexibility index (Phi) is 4.91. The number of aromatic amines is 1. The van der Waals surface area contributed by atoms with Crippen molar-refractivity contribution in [1.82, 2.24) is 14.6 Å². The summed E-state index contributed by atoms with van der Waals surface area (Å²) in [5.74, 6) is -0.475. The number of fused-ring (bicyclic) bond motifs is 1. The molecule has 146 valence electrons. The highest BCUT2D eigenvalue weighted by atomic mass is 32.2. The van der Waals surface area contributed by atoms with Crippen LogP contribution in [0.5, 0.6) is 0 Å². The SMILES string of the molecule is O=C1CCCN1Cc1ccccc1CNS(=O)(=O)c1c[nH]c2cccc(F)c12. The van der Waals surface area contributed by atoms with Gasteiger partial charge in [-0.05, 0) is 29.7 Å². The van der Waals surface area contributed by atoms with Gasteiger partial charge in [-0.25, -0.2) is 17.5 Å². The van der Waals surface area contributed by atoms with E-state index in [-0.39, 0.29) is 22.7 Å². The smallest absolute Gasteiger partial charge is 0.243 e. The fraction of sp³-hybridized carbons (Fsp3) is 0.250. The normalized spacial score (nSPS) is 14.9. The standard InChI is InChI=1S/C20H20FN3O3S/c21-16-7-3-8-17-20(16)18(12-22-17)28(26,27)23-11-14-5-1-2-6-15(14)13-24-10-4-9-19(24)25/h1-3,5-8,12,22-23H,4,9-11,13H2. The van der Waals surface area contributed by atoms with Crippen molar-refractivity contribution >= 4 is 26.8 Å². The number of rotatable bonds is 6. The number of likely N-dealkylation sites (tertiary alicyclic amines) is 1. The van der Waals surface area contributed by atoms with Crippen LogP contribution in [0.2, 0.25) is 0 Å². The minimum atomic E-state index is -3.92. The van der Waals surface area contributed by atoms with Crippen molar-refractivity contribution < 1.29 is 17.6 Å². The maximum atomic E-state index is 14.2. The van der Waals surface area contributed by atoms with Gasteiger partial charge in [-0.1, -0.05) is 30.3 Å². The first-order valence-corrected chi connectivity index (χ1v) is 10.5. The van der Waals surface area contributed by atoms with Crippen molar-refractivity contribution in [2.75, 3.05) is 6.54 Å². The van der Waals surface area contributed by atoms with Gasteiger partial charge in [0.15, 0.2) is 0 Å². The van der Waals surface area contributed by atoms with Gasteiger partial charge in [-0.2, -0.15) is 0 Å². The van der Waals surface area contributed by atoms with E-state index in [0.717, 1.165) is 17.5 Å². The number of H-pyrrole nitrogens is 1. The number of nitrogens with zero attached hydrogens (tertiary/aromatic N) is 1. The predicted octanol–water partition coefficient (Wildman–Crippen LogP) is 2.91.